The fraction of sp³-hybridized carbons (Fsp3) is 0.643. The third-order valence-electron chi connectivity index (χ3n) is 3.11. The first-order valence-corrected chi connectivity index (χ1v) is 7.35. The molecule has 0 saturated carbocycles. The molecule has 1 N–H and O–H groups in total. The highest BCUT2D eigenvalue weighted by Crippen LogP contribution is 2.31. The van der Waals surface area contributed by atoms with E-state index in [0.717, 1.165) is 4.68 Å². The lowest BCUT2D eigenvalue weighted by Crippen LogP contribution is -2.11. The van der Waals surface area contributed by atoms with Crippen molar-refractivity contribution in [2.45, 2.75) is 45.8 Å². The lowest BCUT2D eigenvalue weighted by molar-refractivity contribution is -0.142. The Bertz CT molecular complexity index is 634. The van der Waals surface area contributed by atoms with Gasteiger partial charge in [0.05, 0.1) is 0 Å². The zero-order valence-corrected chi connectivity index (χ0v) is 13.0. The Morgan fingerprint density at radius 2 is 2.09 bits per heavy atom. The lowest BCUT2D eigenvalue weighted by Gasteiger charge is -2.04. The summed E-state index contributed by atoms with van der Waals surface area (Å²) in [4.78, 5) is 4.15. The van der Waals surface area contributed by atoms with Crippen molar-refractivity contribution in [2.24, 2.45) is 5.92 Å². The highest BCUT2D eigenvalue weighted by Gasteiger charge is 2.36. The van der Waals surface area contributed by atoms with Crippen LogP contribution in [0.2, 0.25) is 0 Å². The number of hydrogen-bond donors (Lipinski definition) is 1. The minimum absolute atomic E-state index is 0.00377. The number of rotatable bonds is 7. The van der Waals surface area contributed by atoms with Crippen LogP contribution in [0.15, 0.2) is 10.7 Å². The van der Waals surface area contributed by atoms with E-state index in [2.05, 4.69) is 15.2 Å². The Morgan fingerprint density at radius 3 is 2.70 bits per heavy atom. The van der Waals surface area contributed by atoms with Crippen molar-refractivity contribution >= 4 is 0 Å². The van der Waals surface area contributed by atoms with Gasteiger partial charge in [-0.1, -0.05) is 19.0 Å². The molecule has 0 aliphatic carbocycles. The molecule has 0 aliphatic heterocycles. The van der Waals surface area contributed by atoms with Crippen LogP contribution < -0.4 is 0 Å². The summed E-state index contributed by atoms with van der Waals surface area (Å²) in [5, 5.41) is 16.1. The molecule has 0 atom stereocenters. The van der Waals surface area contributed by atoms with Crippen LogP contribution in [-0.4, -0.2) is 31.6 Å². The summed E-state index contributed by atoms with van der Waals surface area (Å²) in [6.07, 6.45) is -2.25. The van der Waals surface area contributed by atoms with Gasteiger partial charge < -0.3 is 9.63 Å². The van der Waals surface area contributed by atoms with Gasteiger partial charge in [-0.05, 0) is 18.8 Å². The summed E-state index contributed by atoms with van der Waals surface area (Å²) < 4.78 is 45.2. The van der Waals surface area contributed by atoms with Crippen LogP contribution in [0.1, 0.15) is 43.2 Å². The Hall–Kier alpha value is -1.90. The fourth-order valence-electron chi connectivity index (χ4n) is 2.17. The van der Waals surface area contributed by atoms with Crippen molar-refractivity contribution in [1.82, 2.24) is 19.9 Å². The molecular weight excluding hydrogens is 313 g/mol. The molecule has 128 valence electrons. The van der Waals surface area contributed by atoms with Crippen molar-refractivity contribution < 1.29 is 22.8 Å². The third-order valence-corrected chi connectivity index (χ3v) is 3.11. The van der Waals surface area contributed by atoms with E-state index in [0.29, 0.717) is 18.2 Å². The van der Waals surface area contributed by atoms with Crippen LogP contribution in [0, 0.1) is 5.92 Å². The second-order valence-corrected chi connectivity index (χ2v) is 5.73. The third kappa shape index (κ3) is 4.78. The molecule has 0 aromatic carbocycles. The Balaban J connectivity index is 2.16. The number of aromatic nitrogens is 4. The van der Waals surface area contributed by atoms with Crippen LogP contribution >= 0.6 is 0 Å². The molecule has 23 heavy (non-hydrogen) atoms. The van der Waals surface area contributed by atoms with Crippen molar-refractivity contribution in [1.29, 1.82) is 0 Å². The predicted molar refractivity (Wildman–Crippen MR) is 74.6 cm³/mol. The van der Waals surface area contributed by atoms with Gasteiger partial charge in [-0.15, -0.1) is 0 Å². The van der Waals surface area contributed by atoms with Gasteiger partial charge >= 0.3 is 6.18 Å². The molecule has 6 nitrogen and oxygen atoms in total. The molecule has 0 bridgehead atoms. The molecule has 0 spiro atoms. The normalized spacial score (nSPS) is 12.3. The summed E-state index contributed by atoms with van der Waals surface area (Å²) in [6, 6.07) is 0. The summed E-state index contributed by atoms with van der Waals surface area (Å²) in [5.74, 6) is 1.08. The van der Waals surface area contributed by atoms with E-state index in [4.69, 9.17) is 9.63 Å². The standard InChI is InChI=1S/C14H19F3N4O2/c1-9(2)6-12-18-11(20-23-12)8-21-7-10(4-3-5-22)13(19-21)14(15,16)17/h7,9,22H,3-6,8H2,1-2H3. The van der Waals surface area contributed by atoms with Crippen LogP contribution in [0.3, 0.4) is 0 Å². The molecule has 0 fully saturated rings. The predicted octanol–water partition coefficient (Wildman–Crippen LogP) is 2.46. The van der Waals surface area contributed by atoms with Gasteiger partial charge in [0.2, 0.25) is 5.89 Å². The van der Waals surface area contributed by atoms with Gasteiger partial charge in [0.25, 0.3) is 0 Å². The lowest BCUT2D eigenvalue weighted by atomic mass is 10.1. The molecule has 0 amide bonds. The molecule has 9 heteroatoms. The van der Waals surface area contributed by atoms with Gasteiger partial charge in [0.15, 0.2) is 11.5 Å². The van der Waals surface area contributed by atoms with Gasteiger partial charge in [-0.25, -0.2) is 0 Å². The van der Waals surface area contributed by atoms with Crippen LogP contribution in [-0.2, 0) is 25.6 Å². The highest BCUT2D eigenvalue weighted by molar-refractivity contribution is 5.20. The smallest absolute Gasteiger partial charge is 0.396 e. The first kappa shape index (κ1) is 17.5. The van der Waals surface area contributed by atoms with Gasteiger partial charge in [-0.2, -0.15) is 23.3 Å². The van der Waals surface area contributed by atoms with Crippen molar-refractivity contribution in [3.8, 4) is 0 Å². The van der Waals surface area contributed by atoms with Gasteiger partial charge in [0.1, 0.15) is 6.54 Å². The summed E-state index contributed by atoms with van der Waals surface area (Å²) in [7, 11) is 0. The minimum Gasteiger partial charge on any atom is -0.396 e. The molecule has 2 aromatic heterocycles. The van der Waals surface area contributed by atoms with Crippen molar-refractivity contribution in [3.63, 3.8) is 0 Å². The quantitative estimate of drug-likeness (QED) is 0.843. The van der Waals surface area contributed by atoms with Crippen LogP contribution in [0.4, 0.5) is 13.2 Å². The van der Waals surface area contributed by atoms with Gasteiger partial charge in [0, 0.05) is 24.8 Å². The molecule has 2 heterocycles. The van der Waals surface area contributed by atoms with Crippen molar-refractivity contribution in [3.05, 3.63) is 29.2 Å². The molecule has 0 radical (unpaired) electrons. The maximum Gasteiger partial charge on any atom is 0.435 e. The number of hydrogen-bond acceptors (Lipinski definition) is 5. The van der Waals surface area contributed by atoms with Crippen LogP contribution in [0.25, 0.3) is 0 Å². The van der Waals surface area contributed by atoms with E-state index in [1.807, 2.05) is 13.8 Å². The molecular formula is C14H19F3N4O2. The average molecular weight is 332 g/mol. The minimum atomic E-state index is -4.53. The topological polar surface area (TPSA) is 77.0 Å². The van der Waals surface area contributed by atoms with Crippen LogP contribution in [0.5, 0.6) is 0 Å². The number of aliphatic hydroxyl groups excluding tert-OH is 1. The Kier molecular flexibility index (Phi) is 5.40. The Labute approximate surface area is 131 Å². The van der Waals surface area contributed by atoms with Gasteiger partial charge in [-0.3, -0.25) is 4.68 Å². The molecule has 0 unspecified atom stereocenters. The fourth-order valence-corrected chi connectivity index (χ4v) is 2.17. The number of alkyl halides is 3. The average Bonchev–Trinajstić information content (AvgIpc) is 3.02. The van der Waals surface area contributed by atoms with E-state index in [1.165, 1.54) is 6.20 Å². The van der Waals surface area contributed by atoms with Crippen molar-refractivity contribution in [2.75, 3.05) is 6.61 Å². The first-order chi connectivity index (χ1) is 10.8. The maximum atomic E-state index is 13.0. The second-order valence-electron chi connectivity index (χ2n) is 5.73. The molecule has 0 aliphatic rings. The molecule has 0 saturated heterocycles. The van der Waals surface area contributed by atoms with E-state index in [-0.39, 0.29) is 37.4 Å². The zero-order chi connectivity index (χ0) is 17.0. The second kappa shape index (κ2) is 7.12. The summed E-state index contributed by atoms with van der Waals surface area (Å²) >= 11 is 0. The number of halogens is 3. The summed E-state index contributed by atoms with van der Waals surface area (Å²) in [6.45, 7) is 3.83. The molecule has 2 aromatic rings. The molecule has 2 rings (SSSR count). The largest absolute Gasteiger partial charge is 0.435 e. The van der Waals surface area contributed by atoms with E-state index < -0.39 is 11.9 Å². The number of aryl methyl sites for hydroxylation is 1. The monoisotopic (exact) mass is 332 g/mol. The Morgan fingerprint density at radius 1 is 1.35 bits per heavy atom. The number of nitrogens with zero attached hydrogens (tertiary/aromatic N) is 4. The maximum absolute atomic E-state index is 13.0. The van der Waals surface area contributed by atoms with E-state index in [9.17, 15) is 13.2 Å². The summed E-state index contributed by atoms with van der Waals surface area (Å²) in [5.41, 5.74) is -0.880. The van der Waals surface area contributed by atoms with E-state index >= 15 is 0 Å². The zero-order valence-electron chi connectivity index (χ0n) is 13.0. The first-order valence-electron chi connectivity index (χ1n) is 7.35. The highest BCUT2D eigenvalue weighted by atomic mass is 19.4. The van der Waals surface area contributed by atoms with E-state index in [1.54, 1.807) is 0 Å². The SMILES string of the molecule is CC(C)Cc1nc(Cn2cc(CCCO)c(C(F)(F)F)n2)no1. The number of aliphatic hydroxyl groups is 1.